The molecule has 2 heterocycles. The van der Waals surface area contributed by atoms with Gasteiger partial charge in [-0.05, 0) is 13.0 Å². The van der Waals surface area contributed by atoms with Gasteiger partial charge in [-0.25, -0.2) is 4.98 Å². The van der Waals surface area contributed by atoms with Gasteiger partial charge in [-0.1, -0.05) is 29.0 Å². The SMILES string of the molecule is Cc1cccc(-c2c(CO)nnn2-c2nccs2)c1. The number of benzene rings is 1. The zero-order valence-electron chi connectivity index (χ0n) is 10.3. The van der Waals surface area contributed by atoms with Gasteiger partial charge in [0.1, 0.15) is 11.4 Å². The molecule has 0 aliphatic heterocycles. The van der Waals surface area contributed by atoms with Crippen LogP contribution in [0, 0.1) is 6.92 Å². The van der Waals surface area contributed by atoms with Crippen molar-refractivity contribution >= 4 is 11.3 Å². The fraction of sp³-hybridized carbons (Fsp3) is 0.154. The van der Waals surface area contributed by atoms with Gasteiger partial charge in [-0.3, -0.25) is 0 Å². The maximum Gasteiger partial charge on any atom is 0.212 e. The number of nitrogens with zero attached hydrogens (tertiary/aromatic N) is 4. The number of aryl methyl sites for hydroxylation is 1. The maximum absolute atomic E-state index is 9.43. The van der Waals surface area contributed by atoms with Crippen LogP contribution in [-0.2, 0) is 6.61 Å². The smallest absolute Gasteiger partial charge is 0.212 e. The molecule has 0 aliphatic carbocycles. The van der Waals surface area contributed by atoms with Crippen LogP contribution in [0.15, 0.2) is 35.8 Å². The lowest BCUT2D eigenvalue weighted by Gasteiger charge is -2.05. The summed E-state index contributed by atoms with van der Waals surface area (Å²) in [5, 5.41) is 20.2. The Bertz CT molecular complexity index is 690. The minimum Gasteiger partial charge on any atom is -0.390 e. The zero-order valence-corrected chi connectivity index (χ0v) is 11.1. The van der Waals surface area contributed by atoms with Gasteiger partial charge < -0.3 is 5.11 Å². The molecular weight excluding hydrogens is 260 g/mol. The Morgan fingerprint density at radius 1 is 1.37 bits per heavy atom. The molecule has 19 heavy (non-hydrogen) atoms. The van der Waals surface area contributed by atoms with Gasteiger partial charge in [0.25, 0.3) is 0 Å². The van der Waals surface area contributed by atoms with Crippen LogP contribution in [0.3, 0.4) is 0 Å². The first-order chi connectivity index (χ1) is 9.29. The van der Waals surface area contributed by atoms with E-state index in [1.54, 1.807) is 10.9 Å². The maximum atomic E-state index is 9.43. The number of hydrogen-bond acceptors (Lipinski definition) is 5. The monoisotopic (exact) mass is 272 g/mol. The summed E-state index contributed by atoms with van der Waals surface area (Å²) in [6, 6.07) is 8.03. The molecule has 0 bridgehead atoms. The molecule has 0 saturated heterocycles. The van der Waals surface area contributed by atoms with Gasteiger partial charge in [-0.2, -0.15) is 4.68 Å². The van der Waals surface area contributed by atoms with Crippen molar-refractivity contribution < 1.29 is 5.11 Å². The predicted octanol–water partition coefficient (Wildman–Crippen LogP) is 2.19. The van der Waals surface area contributed by atoms with Crippen molar-refractivity contribution in [3.05, 3.63) is 47.1 Å². The number of aliphatic hydroxyl groups excluding tert-OH is 1. The highest BCUT2D eigenvalue weighted by molar-refractivity contribution is 7.12. The van der Waals surface area contributed by atoms with Crippen LogP contribution in [-0.4, -0.2) is 25.1 Å². The Kier molecular flexibility index (Phi) is 3.10. The highest BCUT2D eigenvalue weighted by atomic mass is 32.1. The number of aromatic nitrogens is 4. The summed E-state index contributed by atoms with van der Waals surface area (Å²) in [5.74, 6) is 0. The molecule has 3 aromatic rings. The van der Waals surface area contributed by atoms with Crippen LogP contribution in [0.25, 0.3) is 16.4 Å². The topological polar surface area (TPSA) is 63.8 Å². The zero-order chi connectivity index (χ0) is 13.2. The molecule has 0 fully saturated rings. The van der Waals surface area contributed by atoms with Crippen molar-refractivity contribution in [1.82, 2.24) is 20.0 Å². The number of aliphatic hydroxyl groups is 1. The molecule has 2 aromatic heterocycles. The van der Waals surface area contributed by atoms with Crippen LogP contribution >= 0.6 is 11.3 Å². The molecule has 0 spiro atoms. The molecule has 6 heteroatoms. The first-order valence-corrected chi connectivity index (χ1v) is 6.70. The number of thiazole rings is 1. The Labute approximate surface area is 114 Å². The molecule has 0 atom stereocenters. The Morgan fingerprint density at radius 3 is 2.95 bits per heavy atom. The first-order valence-electron chi connectivity index (χ1n) is 5.82. The third kappa shape index (κ3) is 2.16. The van der Waals surface area contributed by atoms with Crippen LogP contribution in [0.1, 0.15) is 11.3 Å². The molecule has 1 aromatic carbocycles. The Balaban J connectivity index is 2.21. The van der Waals surface area contributed by atoms with E-state index >= 15 is 0 Å². The highest BCUT2D eigenvalue weighted by Crippen LogP contribution is 2.26. The highest BCUT2D eigenvalue weighted by Gasteiger charge is 2.16. The van der Waals surface area contributed by atoms with Crippen molar-refractivity contribution in [3.8, 4) is 16.4 Å². The van der Waals surface area contributed by atoms with Gasteiger partial charge >= 0.3 is 0 Å². The summed E-state index contributed by atoms with van der Waals surface area (Å²) in [6.07, 6.45) is 1.72. The minimum atomic E-state index is -0.144. The van der Waals surface area contributed by atoms with Crippen molar-refractivity contribution in [3.63, 3.8) is 0 Å². The lowest BCUT2D eigenvalue weighted by atomic mass is 10.1. The molecular formula is C13H12N4OS. The van der Waals surface area contributed by atoms with Crippen LogP contribution in [0.4, 0.5) is 0 Å². The molecule has 5 nitrogen and oxygen atoms in total. The van der Waals surface area contributed by atoms with Gasteiger partial charge in [-0.15, -0.1) is 16.4 Å². The standard InChI is InChI=1S/C13H12N4OS/c1-9-3-2-4-10(7-9)12-11(8-18)15-16-17(12)13-14-5-6-19-13/h2-7,18H,8H2,1H3. The lowest BCUT2D eigenvalue weighted by molar-refractivity contribution is 0.277. The quantitative estimate of drug-likeness (QED) is 0.794. The molecule has 0 amide bonds. The predicted molar refractivity (Wildman–Crippen MR) is 73.1 cm³/mol. The fourth-order valence-corrected chi connectivity index (χ4v) is 2.55. The van der Waals surface area contributed by atoms with E-state index in [4.69, 9.17) is 0 Å². The van der Waals surface area contributed by atoms with E-state index in [9.17, 15) is 5.11 Å². The average molecular weight is 272 g/mol. The fourth-order valence-electron chi connectivity index (χ4n) is 1.96. The van der Waals surface area contributed by atoms with Crippen molar-refractivity contribution in [2.24, 2.45) is 0 Å². The van der Waals surface area contributed by atoms with E-state index in [0.29, 0.717) is 5.69 Å². The average Bonchev–Trinajstić information content (AvgIpc) is 3.07. The van der Waals surface area contributed by atoms with Gasteiger partial charge in [0, 0.05) is 17.1 Å². The van der Waals surface area contributed by atoms with Crippen molar-refractivity contribution in [2.75, 3.05) is 0 Å². The van der Waals surface area contributed by atoms with Crippen molar-refractivity contribution in [2.45, 2.75) is 13.5 Å². The molecule has 0 radical (unpaired) electrons. The lowest BCUT2D eigenvalue weighted by Crippen LogP contribution is -1.99. The third-order valence-electron chi connectivity index (χ3n) is 2.78. The minimum absolute atomic E-state index is 0.144. The first kappa shape index (κ1) is 12.0. The second-order valence-electron chi connectivity index (χ2n) is 4.14. The molecule has 1 N–H and O–H groups in total. The van der Waals surface area contributed by atoms with Gasteiger partial charge in [0.05, 0.1) is 6.61 Å². The van der Waals surface area contributed by atoms with Crippen LogP contribution in [0.2, 0.25) is 0 Å². The summed E-state index contributed by atoms with van der Waals surface area (Å²) in [4.78, 5) is 4.24. The van der Waals surface area contributed by atoms with E-state index in [2.05, 4.69) is 15.3 Å². The largest absolute Gasteiger partial charge is 0.390 e. The number of rotatable bonds is 3. The Morgan fingerprint density at radius 2 is 2.26 bits per heavy atom. The Hall–Kier alpha value is -2.05. The van der Waals surface area contributed by atoms with E-state index in [-0.39, 0.29) is 6.61 Å². The third-order valence-corrected chi connectivity index (χ3v) is 3.53. The molecule has 0 saturated carbocycles. The molecule has 0 aliphatic rings. The summed E-state index contributed by atoms with van der Waals surface area (Å²) < 4.78 is 1.67. The summed E-state index contributed by atoms with van der Waals surface area (Å²) in [6.45, 7) is 1.88. The van der Waals surface area contributed by atoms with Gasteiger partial charge in [0.2, 0.25) is 5.13 Å². The molecule has 96 valence electrons. The summed E-state index contributed by atoms with van der Waals surface area (Å²) in [5.41, 5.74) is 3.47. The molecule has 0 unspecified atom stereocenters. The molecule has 3 rings (SSSR count). The van der Waals surface area contributed by atoms with Crippen molar-refractivity contribution in [1.29, 1.82) is 0 Å². The van der Waals surface area contributed by atoms with E-state index in [0.717, 1.165) is 22.0 Å². The van der Waals surface area contributed by atoms with Crippen LogP contribution < -0.4 is 0 Å². The summed E-state index contributed by atoms with van der Waals surface area (Å²) in [7, 11) is 0. The van der Waals surface area contributed by atoms with E-state index in [1.165, 1.54) is 11.3 Å². The normalized spacial score (nSPS) is 10.8. The summed E-state index contributed by atoms with van der Waals surface area (Å²) >= 11 is 1.48. The van der Waals surface area contributed by atoms with E-state index < -0.39 is 0 Å². The number of hydrogen-bond donors (Lipinski definition) is 1. The van der Waals surface area contributed by atoms with Gasteiger partial charge in [0.15, 0.2) is 0 Å². The second kappa shape index (κ2) is 4.91. The van der Waals surface area contributed by atoms with E-state index in [1.807, 2.05) is 36.6 Å². The second-order valence-corrected chi connectivity index (χ2v) is 5.01. The van der Waals surface area contributed by atoms with Crippen LogP contribution in [0.5, 0.6) is 0 Å².